The molecule has 1 atom stereocenters. The molecular weight excluding hydrogens is 400 g/mol. The summed E-state index contributed by atoms with van der Waals surface area (Å²) in [5.41, 5.74) is 4.78. The zero-order valence-corrected chi connectivity index (χ0v) is 17.5. The molecule has 0 saturated carbocycles. The number of carbonyl (C=O) groups excluding carboxylic acids is 3. The lowest BCUT2D eigenvalue weighted by Crippen LogP contribution is -2.51. The van der Waals surface area contributed by atoms with E-state index >= 15 is 0 Å². The van der Waals surface area contributed by atoms with Gasteiger partial charge in [0.15, 0.2) is 0 Å². The van der Waals surface area contributed by atoms with Gasteiger partial charge in [-0.25, -0.2) is 9.59 Å². The Hall–Kier alpha value is -3.81. The fourth-order valence-corrected chi connectivity index (χ4v) is 4.05. The molecule has 0 fully saturated rings. The minimum absolute atomic E-state index is 0.0385. The van der Waals surface area contributed by atoms with Crippen molar-refractivity contribution >= 4 is 23.5 Å². The van der Waals surface area contributed by atoms with Crippen molar-refractivity contribution in [1.29, 1.82) is 0 Å². The zero-order chi connectivity index (χ0) is 22.8. The van der Waals surface area contributed by atoms with Crippen molar-refractivity contribution in [2.24, 2.45) is 5.73 Å². The van der Waals surface area contributed by atoms with Crippen molar-refractivity contribution in [2.75, 3.05) is 24.7 Å². The molecule has 0 bridgehead atoms. The van der Waals surface area contributed by atoms with E-state index in [2.05, 4.69) is 13.2 Å². The van der Waals surface area contributed by atoms with Gasteiger partial charge in [-0.15, -0.1) is 6.58 Å². The highest BCUT2D eigenvalue weighted by atomic mass is 16.5. The highest BCUT2D eigenvalue weighted by Gasteiger charge is 2.63. The summed E-state index contributed by atoms with van der Waals surface area (Å²) in [5.74, 6) is -2.48. The highest BCUT2D eigenvalue weighted by molar-refractivity contribution is 6.22. The molecule has 1 spiro atoms. The molecule has 8 heteroatoms. The molecule has 1 aromatic rings. The van der Waals surface area contributed by atoms with Gasteiger partial charge in [-0.3, -0.25) is 4.79 Å². The van der Waals surface area contributed by atoms with Gasteiger partial charge in [0, 0.05) is 17.8 Å². The van der Waals surface area contributed by atoms with E-state index < -0.39 is 23.3 Å². The number of amides is 1. The third kappa shape index (κ3) is 3.20. The number of rotatable bonds is 7. The Balaban J connectivity index is 2.39. The predicted octanol–water partition coefficient (Wildman–Crippen LogP) is 2.22. The Bertz CT molecular complexity index is 1040. The molecule has 162 valence electrons. The van der Waals surface area contributed by atoms with Crippen LogP contribution in [0.5, 0.6) is 0 Å². The van der Waals surface area contributed by atoms with Crippen LogP contribution in [0.4, 0.5) is 5.69 Å². The molecule has 0 aliphatic carbocycles. The third-order valence-corrected chi connectivity index (χ3v) is 5.10. The SMILES string of the molecule is C=CCOC(=O)C1=C(C)OC(N)=C(C(=O)OCC)C12C(=O)N(CC=C)c1ccccc12. The molecule has 2 aliphatic heterocycles. The van der Waals surface area contributed by atoms with Gasteiger partial charge in [-0.05, 0) is 19.9 Å². The Morgan fingerprint density at radius 3 is 2.48 bits per heavy atom. The van der Waals surface area contributed by atoms with E-state index in [0.717, 1.165) is 0 Å². The Kier molecular flexibility index (Phi) is 6.01. The monoisotopic (exact) mass is 424 g/mol. The van der Waals surface area contributed by atoms with Crippen LogP contribution in [0.15, 0.2) is 72.4 Å². The van der Waals surface area contributed by atoms with E-state index in [0.29, 0.717) is 11.3 Å². The number of nitrogens with two attached hydrogens (primary N) is 1. The number of ether oxygens (including phenoxy) is 3. The van der Waals surface area contributed by atoms with Gasteiger partial charge in [-0.1, -0.05) is 36.9 Å². The Labute approximate surface area is 180 Å². The maximum atomic E-state index is 14.0. The Morgan fingerprint density at radius 1 is 1.16 bits per heavy atom. The lowest BCUT2D eigenvalue weighted by Gasteiger charge is -2.36. The van der Waals surface area contributed by atoms with Gasteiger partial charge in [0.05, 0.1) is 6.61 Å². The molecule has 0 saturated heterocycles. The fraction of sp³-hybridized carbons (Fsp3) is 0.261. The Morgan fingerprint density at radius 2 is 1.84 bits per heavy atom. The summed E-state index contributed by atoms with van der Waals surface area (Å²) < 4.78 is 16.0. The topological polar surface area (TPSA) is 108 Å². The molecule has 3 rings (SSSR count). The van der Waals surface area contributed by atoms with E-state index in [9.17, 15) is 14.4 Å². The van der Waals surface area contributed by atoms with Gasteiger partial charge in [0.25, 0.3) is 0 Å². The van der Waals surface area contributed by atoms with Crippen molar-refractivity contribution in [3.05, 3.63) is 77.9 Å². The number of anilines is 1. The second-order valence-electron chi connectivity index (χ2n) is 6.85. The van der Waals surface area contributed by atoms with Crippen LogP contribution in [0.25, 0.3) is 0 Å². The van der Waals surface area contributed by atoms with Crippen LogP contribution in [-0.2, 0) is 34.0 Å². The van der Waals surface area contributed by atoms with Gasteiger partial charge >= 0.3 is 11.9 Å². The molecular formula is C23H24N2O6. The molecule has 2 N–H and O–H groups in total. The number of para-hydroxylation sites is 1. The quantitative estimate of drug-likeness (QED) is 0.528. The number of nitrogens with zero attached hydrogens (tertiary/aromatic N) is 1. The first-order valence-electron chi connectivity index (χ1n) is 9.73. The van der Waals surface area contributed by atoms with Gasteiger partial charge in [-0.2, -0.15) is 0 Å². The number of allylic oxidation sites excluding steroid dienone is 1. The van der Waals surface area contributed by atoms with Crippen molar-refractivity contribution < 1.29 is 28.6 Å². The molecule has 8 nitrogen and oxygen atoms in total. The summed E-state index contributed by atoms with van der Waals surface area (Å²) in [6.07, 6.45) is 2.95. The smallest absolute Gasteiger partial charge is 0.341 e. The van der Waals surface area contributed by atoms with E-state index in [4.69, 9.17) is 19.9 Å². The molecule has 1 amide bonds. The molecule has 1 unspecified atom stereocenters. The van der Waals surface area contributed by atoms with Crippen LogP contribution in [-0.4, -0.2) is 37.6 Å². The van der Waals surface area contributed by atoms with E-state index in [1.807, 2.05) is 0 Å². The van der Waals surface area contributed by atoms with Crippen LogP contribution >= 0.6 is 0 Å². The summed E-state index contributed by atoms with van der Waals surface area (Å²) >= 11 is 0. The van der Waals surface area contributed by atoms with E-state index in [-0.39, 0.29) is 42.5 Å². The normalized spacial score (nSPS) is 19.8. The number of fused-ring (bicyclic) bond motifs is 2. The number of carbonyl (C=O) groups is 3. The van der Waals surface area contributed by atoms with Crippen molar-refractivity contribution in [3.8, 4) is 0 Å². The molecule has 2 heterocycles. The predicted molar refractivity (Wildman–Crippen MR) is 113 cm³/mol. The zero-order valence-electron chi connectivity index (χ0n) is 17.5. The van der Waals surface area contributed by atoms with Crippen molar-refractivity contribution in [1.82, 2.24) is 0 Å². The minimum atomic E-state index is -1.88. The number of esters is 2. The van der Waals surface area contributed by atoms with E-state index in [1.54, 1.807) is 37.3 Å². The van der Waals surface area contributed by atoms with Gasteiger partial charge in [0.1, 0.15) is 28.9 Å². The molecule has 31 heavy (non-hydrogen) atoms. The maximum Gasteiger partial charge on any atom is 0.341 e. The lowest BCUT2D eigenvalue weighted by atomic mass is 9.67. The van der Waals surface area contributed by atoms with Gasteiger partial charge in [0.2, 0.25) is 11.8 Å². The largest absolute Gasteiger partial charge is 0.462 e. The highest BCUT2D eigenvalue weighted by Crippen LogP contribution is 2.54. The first kappa shape index (κ1) is 21.9. The summed E-state index contributed by atoms with van der Waals surface area (Å²) in [4.78, 5) is 41.7. The van der Waals surface area contributed by atoms with Crippen LogP contribution in [0.1, 0.15) is 19.4 Å². The summed E-state index contributed by atoms with van der Waals surface area (Å²) in [6.45, 7) is 10.5. The van der Waals surface area contributed by atoms with Crippen LogP contribution < -0.4 is 10.6 Å². The average molecular weight is 424 g/mol. The molecule has 1 aromatic carbocycles. The second kappa shape index (κ2) is 8.51. The third-order valence-electron chi connectivity index (χ3n) is 5.10. The molecule has 0 aromatic heterocycles. The maximum absolute atomic E-state index is 14.0. The second-order valence-corrected chi connectivity index (χ2v) is 6.85. The number of benzene rings is 1. The molecule has 2 aliphatic rings. The summed E-state index contributed by atoms with van der Waals surface area (Å²) in [5, 5.41) is 0. The number of hydrogen-bond donors (Lipinski definition) is 1. The average Bonchev–Trinajstić information content (AvgIpc) is 2.96. The fourth-order valence-electron chi connectivity index (χ4n) is 4.05. The lowest BCUT2D eigenvalue weighted by molar-refractivity contribution is -0.143. The van der Waals surface area contributed by atoms with E-state index in [1.165, 1.54) is 17.9 Å². The number of hydrogen-bond acceptors (Lipinski definition) is 7. The first-order chi connectivity index (χ1) is 14.9. The van der Waals surface area contributed by atoms with Crippen LogP contribution in [0.2, 0.25) is 0 Å². The summed E-state index contributed by atoms with van der Waals surface area (Å²) in [6, 6.07) is 6.86. The van der Waals surface area contributed by atoms with Crippen LogP contribution in [0, 0.1) is 0 Å². The molecule has 0 radical (unpaired) electrons. The van der Waals surface area contributed by atoms with Gasteiger partial charge < -0.3 is 24.8 Å². The minimum Gasteiger partial charge on any atom is -0.462 e. The standard InChI is InChI=1S/C23H24N2O6/c1-5-12-25-16-11-9-8-10-15(16)23(22(25)28)17(20(26)30-13-6-2)14(4)31-19(24)18(23)21(27)29-7-3/h5-6,8-11H,1-2,7,12-13,24H2,3-4H3. The van der Waals surface area contributed by atoms with Crippen LogP contribution in [0.3, 0.4) is 0 Å². The van der Waals surface area contributed by atoms with Crippen molar-refractivity contribution in [2.45, 2.75) is 19.3 Å². The first-order valence-corrected chi connectivity index (χ1v) is 9.73. The van der Waals surface area contributed by atoms with Crippen molar-refractivity contribution in [3.63, 3.8) is 0 Å². The summed E-state index contributed by atoms with van der Waals surface area (Å²) in [7, 11) is 0.